The minimum Gasteiger partial charge on any atom is -0.372 e. The lowest BCUT2D eigenvalue weighted by Gasteiger charge is -2.16. The van der Waals surface area contributed by atoms with Crippen molar-refractivity contribution in [1.82, 2.24) is 0 Å². The molecule has 1 rings (SSSR count). The first-order valence-electron chi connectivity index (χ1n) is 4.29. The molecule has 81 valence electrons. The molecule has 3 N–H and O–H groups in total. The van der Waals surface area contributed by atoms with Crippen LogP contribution in [-0.4, -0.2) is 27.5 Å². The molecule has 6 heteroatoms. The number of nitrogens with one attached hydrogen (secondary N) is 1. The highest BCUT2D eigenvalue weighted by Crippen LogP contribution is 2.23. The zero-order valence-electron chi connectivity index (χ0n) is 8.04. The molecule has 6 nitrogen and oxygen atoms in total. The van der Waals surface area contributed by atoms with Crippen molar-refractivity contribution in [2.45, 2.75) is 19.3 Å². The summed E-state index contributed by atoms with van der Waals surface area (Å²) in [6.07, 6.45) is -1.58. The van der Waals surface area contributed by atoms with Gasteiger partial charge in [-0.3, -0.25) is 10.1 Å². The molecule has 0 aromatic heterocycles. The number of nitro benzene ring substituents is 1. The van der Waals surface area contributed by atoms with Crippen LogP contribution in [0.15, 0.2) is 18.2 Å². The van der Waals surface area contributed by atoms with E-state index >= 15 is 0 Å². The molecule has 0 saturated heterocycles. The van der Waals surface area contributed by atoms with Gasteiger partial charge in [0, 0.05) is 6.07 Å². The molecular formula is C9H11N2O4. The number of anilines is 1. The fourth-order valence-electron chi connectivity index (χ4n) is 1.02. The van der Waals surface area contributed by atoms with Gasteiger partial charge in [0.2, 0.25) is 0 Å². The summed E-state index contributed by atoms with van der Waals surface area (Å²) in [5.74, 6) is 0. The van der Waals surface area contributed by atoms with E-state index in [0.717, 1.165) is 0 Å². The van der Waals surface area contributed by atoms with Gasteiger partial charge in [0.05, 0.1) is 11.0 Å². The molecule has 0 aliphatic rings. The molecule has 1 aromatic rings. The number of aliphatic hydroxyl groups is 2. The Bertz CT molecular complexity index is 354. The lowest BCUT2D eigenvalue weighted by Crippen LogP contribution is -2.30. The van der Waals surface area contributed by atoms with E-state index in [0.29, 0.717) is 0 Å². The Kier molecular flexibility index (Phi) is 3.59. The third-order valence-corrected chi connectivity index (χ3v) is 1.87. The van der Waals surface area contributed by atoms with Gasteiger partial charge >= 0.3 is 0 Å². The molecule has 0 aliphatic carbocycles. The maximum absolute atomic E-state index is 10.6. The number of benzene rings is 1. The van der Waals surface area contributed by atoms with Crippen molar-refractivity contribution in [3.8, 4) is 0 Å². The van der Waals surface area contributed by atoms with Gasteiger partial charge in [0.25, 0.3) is 5.69 Å². The van der Waals surface area contributed by atoms with Crippen LogP contribution in [0.5, 0.6) is 0 Å². The van der Waals surface area contributed by atoms with Gasteiger partial charge in [-0.25, -0.2) is 0 Å². The highest BCUT2D eigenvalue weighted by atomic mass is 16.6. The Labute approximate surface area is 86.3 Å². The number of aliphatic hydroxyl groups excluding tert-OH is 1. The highest BCUT2D eigenvalue weighted by molar-refractivity contribution is 5.61. The van der Waals surface area contributed by atoms with E-state index < -0.39 is 17.3 Å². The van der Waals surface area contributed by atoms with Crippen LogP contribution in [0, 0.1) is 16.2 Å². The quantitative estimate of drug-likeness (QED) is 0.383. The van der Waals surface area contributed by atoms with E-state index in [9.17, 15) is 10.1 Å². The Morgan fingerprint density at radius 2 is 2.27 bits per heavy atom. The van der Waals surface area contributed by atoms with Crippen LogP contribution < -0.4 is 5.32 Å². The largest absolute Gasteiger partial charge is 0.372 e. The van der Waals surface area contributed by atoms with Crippen LogP contribution in [0.2, 0.25) is 0 Å². The molecule has 0 unspecified atom stereocenters. The smallest absolute Gasteiger partial charge is 0.292 e. The highest BCUT2D eigenvalue weighted by Gasteiger charge is 2.16. The van der Waals surface area contributed by atoms with E-state index in [2.05, 4.69) is 11.4 Å². The second-order valence-electron chi connectivity index (χ2n) is 3.05. The average Bonchev–Trinajstić information content (AvgIpc) is 2.18. The van der Waals surface area contributed by atoms with Crippen molar-refractivity contribution < 1.29 is 15.1 Å². The van der Waals surface area contributed by atoms with Crippen molar-refractivity contribution in [2.24, 2.45) is 0 Å². The SMILES string of the molecule is C[C@@H](Nc1c[c]ccc1[N+](=O)[O-])C(O)O. The zero-order valence-corrected chi connectivity index (χ0v) is 8.04. The van der Waals surface area contributed by atoms with Crippen molar-refractivity contribution in [3.63, 3.8) is 0 Å². The molecule has 0 fully saturated rings. The predicted molar refractivity (Wildman–Crippen MR) is 53.2 cm³/mol. The summed E-state index contributed by atoms with van der Waals surface area (Å²) in [5, 5.41) is 30.9. The third kappa shape index (κ3) is 2.90. The van der Waals surface area contributed by atoms with Gasteiger partial charge in [-0.2, -0.15) is 0 Å². The maximum atomic E-state index is 10.6. The van der Waals surface area contributed by atoms with Crippen LogP contribution >= 0.6 is 0 Å². The summed E-state index contributed by atoms with van der Waals surface area (Å²) in [7, 11) is 0. The minimum atomic E-state index is -1.58. The minimum absolute atomic E-state index is 0.124. The molecule has 1 radical (unpaired) electrons. The second-order valence-corrected chi connectivity index (χ2v) is 3.05. The topological polar surface area (TPSA) is 95.6 Å². The Morgan fingerprint density at radius 1 is 1.60 bits per heavy atom. The Hall–Kier alpha value is -1.66. The maximum Gasteiger partial charge on any atom is 0.292 e. The molecule has 0 amide bonds. The van der Waals surface area contributed by atoms with Crippen molar-refractivity contribution in [2.75, 3.05) is 5.32 Å². The number of nitrogens with zero attached hydrogens (tertiary/aromatic N) is 1. The van der Waals surface area contributed by atoms with Crippen molar-refractivity contribution >= 4 is 11.4 Å². The summed E-state index contributed by atoms with van der Waals surface area (Å²) in [5.41, 5.74) is 0.0874. The van der Waals surface area contributed by atoms with Gasteiger partial charge in [-0.15, -0.1) is 0 Å². The molecule has 0 saturated carbocycles. The first kappa shape index (κ1) is 11.4. The molecule has 1 aromatic carbocycles. The predicted octanol–water partition coefficient (Wildman–Crippen LogP) is 0.506. The van der Waals surface area contributed by atoms with Crippen LogP contribution in [0.3, 0.4) is 0 Å². The van der Waals surface area contributed by atoms with Crippen LogP contribution in [0.25, 0.3) is 0 Å². The fourth-order valence-corrected chi connectivity index (χ4v) is 1.02. The van der Waals surface area contributed by atoms with Gasteiger partial charge in [-0.05, 0) is 25.1 Å². The average molecular weight is 211 g/mol. The third-order valence-electron chi connectivity index (χ3n) is 1.87. The lowest BCUT2D eigenvalue weighted by molar-refractivity contribution is -0.384. The van der Waals surface area contributed by atoms with E-state index in [4.69, 9.17) is 10.2 Å². The monoisotopic (exact) mass is 211 g/mol. The Morgan fingerprint density at radius 3 is 2.80 bits per heavy atom. The van der Waals surface area contributed by atoms with Gasteiger partial charge in [0.15, 0.2) is 6.29 Å². The molecule has 0 spiro atoms. The van der Waals surface area contributed by atoms with Crippen LogP contribution in [-0.2, 0) is 0 Å². The first-order chi connectivity index (χ1) is 7.02. The van der Waals surface area contributed by atoms with Gasteiger partial charge < -0.3 is 15.5 Å². The summed E-state index contributed by atoms with van der Waals surface area (Å²) >= 11 is 0. The number of hydrogen-bond donors (Lipinski definition) is 3. The van der Waals surface area contributed by atoms with Crippen molar-refractivity contribution in [3.05, 3.63) is 34.4 Å². The molecule has 0 bridgehead atoms. The summed E-state index contributed by atoms with van der Waals surface area (Å²) in [6, 6.07) is 6.07. The van der Waals surface area contributed by atoms with E-state index in [-0.39, 0.29) is 11.4 Å². The standard InChI is InChI=1S/C9H11N2O4/c1-6(9(12)13)10-7-4-2-3-5-8(7)11(14)15/h3-6,9-10,12-13H,1H3/t6-/m1/s1. The first-order valence-corrected chi connectivity index (χ1v) is 4.29. The number of nitro groups is 1. The second kappa shape index (κ2) is 4.72. The van der Waals surface area contributed by atoms with Crippen LogP contribution in [0.4, 0.5) is 11.4 Å². The van der Waals surface area contributed by atoms with Gasteiger partial charge in [0.1, 0.15) is 5.69 Å². The Balaban J connectivity index is 2.89. The van der Waals surface area contributed by atoms with Gasteiger partial charge in [-0.1, -0.05) is 0 Å². The number of hydrogen-bond acceptors (Lipinski definition) is 5. The zero-order chi connectivity index (χ0) is 11.4. The van der Waals surface area contributed by atoms with Crippen LogP contribution in [0.1, 0.15) is 6.92 Å². The van der Waals surface area contributed by atoms with E-state index in [1.165, 1.54) is 25.1 Å². The lowest BCUT2D eigenvalue weighted by atomic mass is 10.2. The summed E-state index contributed by atoms with van der Waals surface area (Å²) < 4.78 is 0. The van der Waals surface area contributed by atoms with Crippen molar-refractivity contribution in [1.29, 1.82) is 0 Å². The fraction of sp³-hybridized carbons (Fsp3) is 0.333. The van der Waals surface area contributed by atoms with E-state index in [1.54, 1.807) is 0 Å². The summed E-state index contributed by atoms with van der Waals surface area (Å²) in [4.78, 5) is 10.1. The molecule has 0 heterocycles. The van der Waals surface area contributed by atoms with E-state index in [1.807, 2.05) is 0 Å². The summed E-state index contributed by atoms with van der Waals surface area (Å²) in [6.45, 7) is 1.50. The molecule has 0 aliphatic heterocycles. The molecule has 15 heavy (non-hydrogen) atoms. The molecular weight excluding hydrogens is 200 g/mol. The number of rotatable bonds is 4. The molecule has 1 atom stereocenters. The normalized spacial score (nSPS) is 12.5.